The number of benzene rings is 1. The van der Waals surface area contributed by atoms with Crippen molar-refractivity contribution < 1.29 is 32.2 Å². The van der Waals surface area contributed by atoms with E-state index >= 15 is 0 Å². The number of ether oxygens (including phenoxy) is 1. The molecule has 0 saturated carbocycles. The van der Waals surface area contributed by atoms with Gasteiger partial charge in [0.25, 0.3) is 0 Å². The molecule has 0 amide bonds. The second kappa shape index (κ2) is 12.0. The molecular weight excluding hydrogens is 490 g/mol. The van der Waals surface area contributed by atoms with Crippen molar-refractivity contribution in [3.8, 4) is 0 Å². The van der Waals surface area contributed by atoms with Crippen LogP contribution < -0.4 is 4.90 Å². The van der Waals surface area contributed by atoms with Crippen LogP contribution in [0.1, 0.15) is 25.3 Å². The molecular formula is C24H28ClF4N3O3. The Morgan fingerprint density at radius 2 is 1.83 bits per heavy atom. The Labute approximate surface area is 206 Å². The summed E-state index contributed by atoms with van der Waals surface area (Å²) in [6, 6.07) is 12.5. The van der Waals surface area contributed by atoms with E-state index in [4.69, 9.17) is 26.2 Å². The standard InChI is InChI=1S/C22H27ClFN3O.C2HF3O2/c1-16-14-27(21(15-28-16)12-17-2-4-18(23)5-3-17)19-7-10-26(11-8-19)20-6-9-25-22(24)13-20;3-2(4,5)1(6)7/h2-6,9,13,16,19,21H,7-8,10-12,14-15H2,1H3;(H,6,7)/t16-,21-;/m0./s1. The van der Waals surface area contributed by atoms with Crippen LogP contribution in [0.4, 0.5) is 23.2 Å². The van der Waals surface area contributed by atoms with Crippen LogP contribution in [0.15, 0.2) is 42.6 Å². The highest BCUT2D eigenvalue weighted by molar-refractivity contribution is 6.30. The summed E-state index contributed by atoms with van der Waals surface area (Å²) in [5.41, 5.74) is 2.22. The largest absolute Gasteiger partial charge is 0.490 e. The number of halogens is 5. The Bertz CT molecular complexity index is 969. The number of anilines is 1. The fourth-order valence-electron chi connectivity index (χ4n) is 4.43. The van der Waals surface area contributed by atoms with Gasteiger partial charge in [-0.05, 0) is 49.9 Å². The number of hydrogen-bond acceptors (Lipinski definition) is 5. The maximum atomic E-state index is 13.4. The van der Waals surface area contributed by atoms with Gasteiger partial charge in [0.1, 0.15) is 0 Å². The van der Waals surface area contributed by atoms with Crippen molar-refractivity contribution in [3.05, 3.63) is 59.1 Å². The van der Waals surface area contributed by atoms with E-state index in [9.17, 15) is 17.6 Å². The summed E-state index contributed by atoms with van der Waals surface area (Å²) in [7, 11) is 0. The normalized spacial score (nSPS) is 21.8. The van der Waals surface area contributed by atoms with Gasteiger partial charge in [0, 0.05) is 54.7 Å². The molecule has 2 aromatic rings. The molecule has 1 N–H and O–H groups in total. The fourth-order valence-corrected chi connectivity index (χ4v) is 4.56. The molecule has 0 spiro atoms. The van der Waals surface area contributed by atoms with Gasteiger partial charge in [-0.2, -0.15) is 17.6 Å². The smallest absolute Gasteiger partial charge is 0.475 e. The number of hydrogen-bond donors (Lipinski definition) is 1. The molecule has 0 radical (unpaired) electrons. The molecule has 2 aliphatic heterocycles. The minimum absolute atomic E-state index is 0.258. The van der Waals surface area contributed by atoms with Crippen LogP contribution in [0.3, 0.4) is 0 Å². The molecule has 2 aliphatic rings. The van der Waals surface area contributed by atoms with Crippen molar-refractivity contribution in [1.82, 2.24) is 9.88 Å². The number of pyridine rings is 1. The summed E-state index contributed by atoms with van der Waals surface area (Å²) in [5, 5.41) is 7.90. The van der Waals surface area contributed by atoms with E-state index < -0.39 is 18.1 Å². The number of rotatable bonds is 4. The molecule has 6 nitrogen and oxygen atoms in total. The Hall–Kier alpha value is -2.43. The molecule has 1 aromatic carbocycles. The van der Waals surface area contributed by atoms with E-state index in [-0.39, 0.29) is 6.10 Å². The van der Waals surface area contributed by atoms with Crippen LogP contribution >= 0.6 is 11.6 Å². The first-order chi connectivity index (χ1) is 16.5. The summed E-state index contributed by atoms with van der Waals surface area (Å²) >= 11 is 6.03. The second-order valence-corrected chi connectivity index (χ2v) is 9.12. The van der Waals surface area contributed by atoms with E-state index in [0.29, 0.717) is 12.1 Å². The van der Waals surface area contributed by atoms with Crippen LogP contribution in [0, 0.1) is 5.95 Å². The van der Waals surface area contributed by atoms with Gasteiger partial charge in [0.15, 0.2) is 0 Å². The third kappa shape index (κ3) is 8.05. The highest BCUT2D eigenvalue weighted by Crippen LogP contribution is 2.27. The lowest BCUT2D eigenvalue weighted by Gasteiger charge is -2.46. The number of carbonyl (C=O) groups is 1. The first-order valence-corrected chi connectivity index (χ1v) is 11.7. The van der Waals surface area contributed by atoms with Crippen LogP contribution in [0.25, 0.3) is 0 Å². The zero-order valence-electron chi connectivity index (χ0n) is 19.2. The van der Waals surface area contributed by atoms with Gasteiger partial charge in [-0.3, -0.25) is 4.90 Å². The molecule has 4 rings (SSSR count). The monoisotopic (exact) mass is 517 g/mol. The average molecular weight is 518 g/mol. The number of nitrogens with zero attached hydrogens (tertiary/aromatic N) is 3. The van der Waals surface area contributed by atoms with Crippen molar-refractivity contribution in [3.63, 3.8) is 0 Å². The number of carboxylic acid groups (broad SMARTS) is 1. The van der Waals surface area contributed by atoms with Crippen LogP contribution in [-0.4, -0.2) is 71.6 Å². The van der Waals surface area contributed by atoms with Crippen molar-refractivity contribution in [2.75, 3.05) is 31.1 Å². The Morgan fingerprint density at radius 1 is 1.20 bits per heavy atom. The van der Waals surface area contributed by atoms with Gasteiger partial charge < -0.3 is 14.7 Å². The molecule has 2 fully saturated rings. The predicted octanol–water partition coefficient (Wildman–Crippen LogP) is 4.81. The predicted molar refractivity (Wildman–Crippen MR) is 124 cm³/mol. The number of aromatic nitrogens is 1. The molecule has 2 saturated heterocycles. The van der Waals surface area contributed by atoms with E-state index in [1.165, 1.54) is 11.6 Å². The molecule has 192 valence electrons. The van der Waals surface area contributed by atoms with Gasteiger partial charge in [0.2, 0.25) is 5.95 Å². The maximum absolute atomic E-state index is 13.4. The summed E-state index contributed by atoms with van der Waals surface area (Å²) < 4.78 is 51.2. The average Bonchev–Trinajstić information content (AvgIpc) is 2.81. The SMILES string of the molecule is C[C@H]1CN(C2CCN(c3ccnc(F)c3)CC2)[C@@H](Cc2ccc(Cl)cc2)CO1.O=C(O)C(F)(F)F. The number of aliphatic carboxylic acids is 1. The van der Waals surface area contributed by atoms with Crippen LogP contribution in [0.2, 0.25) is 5.02 Å². The van der Waals surface area contributed by atoms with E-state index in [1.807, 2.05) is 18.2 Å². The van der Waals surface area contributed by atoms with Gasteiger partial charge in [-0.25, -0.2) is 9.78 Å². The minimum atomic E-state index is -5.08. The topological polar surface area (TPSA) is 65.9 Å². The molecule has 0 bridgehead atoms. The molecule has 1 aromatic heterocycles. The quantitative estimate of drug-likeness (QED) is 0.464. The third-order valence-corrected chi connectivity index (χ3v) is 6.40. The highest BCUT2D eigenvalue weighted by atomic mass is 35.5. The number of alkyl halides is 3. The lowest BCUT2D eigenvalue weighted by atomic mass is 9.96. The van der Waals surface area contributed by atoms with E-state index in [0.717, 1.165) is 56.2 Å². The fraction of sp³-hybridized carbons (Fsp3) is 0.500. The van der Waals surface area contributed by atoms with Gasteiger partial charge in [0.05, 0.1) is 12.7 Å². The third-order valence-electron chi connectivity index (χ3n) is 6.15. The zero-order chi connectivity index (χ0) is 25.6. The summed E-state index contributed by atoms with van der Waals surface area (Å²) in [5.74, 6) is -3.17. The number of carboxylic acids is 1. The van der Waals surface area contributed by atoms with Crippen molar-refractivity contribution in [2.24, 2.45) is 0 Å². The minimum Gasteiger partial charge on any atom is -0.475 e. The van der Waals surface area contributed by atoms with Crippen molar-refractivity contribution in [2.45, 2.75) is 50.6 Å². The highest BCUT2D eigenvalue weighted by Gasteiger charge is 2.38. The Kier molecular flexibility index (Phi) is 9.32. The summed E-state index contributed by atoms with van der Waals surface area (Å²) in [6.45, 7) is 5.76. The number of morpholine rings is 1. The first kappa shape index (κ1) is 27.2. The molecule has 0 aliphatic carbocycles. The van der Waals surface area contributed by atoms with Crippen molar-refractivity contribution in [1.29, 1.82) is 0 Å². The molecule has 11 heteroatoms. The van der Waals surface area contributed by atoms with Crippen molar-refractivity contribution >= 4 is 23.3 Å². The van der Waals surface area contributed by atoms with Crippen LogP contribution in [-0.2, 0) is 16.0 Å². The molecule has 0 unspecified atom stereocenters. The molecule has 2 atom stereocenters. The first-order valence-electron chi connectivity index (χ1n) is 11.3. The van der Waals surface area contributed by atoms with Gasteiger partial charge >= 0.3 is 12.1 Å². The molecule has 35 heavy (non-hydrogen) atoms. The molecule has 3 heterocycles. The van der Waals surface area contributed by atoms with E-state index in [2.05, 4.69) is 33.8 Å². The maximum Gasteiger partial charge on any atom is 0.490 e. The van der Waals surface area contributed by atoms with E-state index in [1.54, 1.807) is 6.20 Å². The van der Waals surface area contributed by atoms with Gasteiger partial charge in [-0.1, -0.05) is 23.7 Å². The lowest BCUT2D eigenvalue weighted by Crippen LogP contribution is -2.56. The van der Waals surface area contributed by atoms with Gasteiger partial charge in [-0.15, -0.1) is 0 Å². The number of piperidine rings is 1. The second-order valence-electron chi connectivity index (χ2n) is 8.68. The zero-order valence-corrected chi connectivity index (χ0v) is 20.0. The Morgan fingerprint density at radius 3 is 2.40 bits per heavy atom. The van der Waals surface area contributed by atoms with Crippen LogP contribution in [0.5, 0.6) is 0 Å². The summed E-state index contributed by atoms with van der Waals surface area (Å²) in [4.78, 5) is 17.5. The summed E-state index contributed by atoms with van der Waals surface area (Å²) in [6.07, 6.45) is -0.155. The Balaban J connectivity index is 0.000000429. The lowest BCUT2D eigenvalue weighted by molar-refractivity contribution is -0.192.